The molecule has 0 bridgehead atoms. The topological polar surface area (TPSA) is 72.2 Å². The van der Waals surface area contributed by atoms with E-state index in [0.29, 0.717) is 24.0 Å². The molecule has 1 heterocycles. The van der Waals surface area contributed by atoms with Crippen LogP contribution in [0.25, 0.3) is 11.0 Å². The molecule has 0 radical (unpaired) electrons. The number of benzene rings is 1. The van der Waals surface area contributed by atoms with Gasteiger partial charge in [-0.1, -0.05) is 6.92 Å². The second-order valence-electron chi connectivity index (χ2n) is 5.34. The Balaban J connectivity index is 2.03. The summed E-state index contributed by atoms with van der Waals surface area (Å²) in [6, 6.07) is 5.02. The second kappa shape index (κ2) is 5.60. The molecule has 1 N–H and O–H groups in total. The maximum absolute atomic E-state index is 11.7. The third-order valence-electron chi connectivity index (χ3n) is 3.83. The summed E-state index contributed by atoms with van der Waals surface area (Å²) < 4.78 is 13.8. The molecule has 0 saturated heterocycles. The molecule has 0 spiro atoms. The molecule has 6 heteroatoms. The van der Waals surface area contributed by atoms with Gasteiger partial charge in [0.2, 0.25) is 0 Å². The lowest BCUT2D eigenvalue weighted by Gasteiger charge is -2.08. The van der Waals surface area contributed by atoms with Crippen molar-refractivity contribution in [2.24, 2.45) is 0 Å². The molecular formula is C15H18N2O3S. The molecule has 3 rings (SSSR count). The van der Waals surface area contributed by atoms with Gasteiger partial charge in [0.15, 0.2) is 0 Å². The lowest BCUT2D eigenvalue weighted by molar-refractivity contribution is 0.0697. The average Bonchev–Trinajstić information content (AvgIpc) is 3.26. The van der Waals surface area contributed by atoms with Gasteiger partial charge in [-0.25, -0.2) is 9.78 Å². The smallest absolute Gasteiger partial charge is 0.335 e. The Morgan fingerprint density at radius 2 is 2.24 bits per heavy atom. The first-order chi connectivity index (χ1) is 10.1. The molecule has 0 aliphatic heterocycles. The van der Waals surface area contributed by atoms with Gasteiger partial charge in [-0.3, -0.25) is 4.21 Å². The lowest BCUT2D eigenvalue weighted by Crippen LogP contribution is -2.11. The summed E-state index contributed by atoms with van der Waals surface area (Å²) in [4.78, 5) is 15.8. The van der Waals surface area contributed by atoms with Crippen molar-refractivity contribution in [1.82, 2.24) is 9.55 Å². The number of aromatic nitrogens is 2. The molecule has 1 fully saturated rings. The van der Waals surface area contributed by atoms with Crippen LogP contribution in [0.5, 0.6) is 0 Å². The Morgan fingerprint density at radius 1 is 1.48 bits per heavy atom. The molecule has 1 aliphatic rings. The lowest BCUT2D eigenvalue weighted by atomic mass is 10.2. The van der Waals surface area contributed by atoms with E-state index in [2.05, 4.69) is 9.55 Å². The van der Waals surface area contributed by atoms with Crippen LogP contribution in [0.4, 0.5) is 0 Å². The summed E-state index contributed by atoms with van der Waals surface area (Å²) >= 11 is 0. The van der Waals surface area contributed by atoms with Crippen molar-refractivity contribution in [3.05, 3.63) is 29.6 Å². The van der Waals surface area contributed by atoms with Gasteiger partial charge in [0.05, 0.1) is 16.6 Å². The van der Waals surface area contributed by atoms with Gasteiger partial charge in [0, 0.05) is 34.8 Å². The van der Waals surface area contributed by atoms with E-state index in [1.165, 1.54) is 0 Å². The fraction of sp³-hybridized carbons (Fsp3) is 0.467. The molecule has 5 nitrogen and oxygen atoms in total. The normalized spacial score (nSPS) is 16.2. The van der Waals surface area contributed by atoms with Crippen LogP contribution in [0.2, 0.25) is 0 Å². The highest BCUT2D eigenvalue weighted by Gasteiger charge is 2.29. The Kier molecular flexibility index (Phi) is 3.80. The van der Waals surface area contributed by atoms with Gasteiger partial charge in [0.25, 0.3) is 0 Å². The van der Waals surface area contributed by atoms with Crippen LogP contribution in [0.3, 0.4) is 0 Å². The van der Waals surface area contributed by atoms with Crippen LogP contribution >= 0.6 is 0 Å². The minimum absolute atomic E-state index is 0.266. The SMILES string of the molecule is CCS(=O)CCn1c(C2CC2)nc2ccc(C(=O)O)cc21. The number of hydrogen-bond acceptors (Lipinski definition) is 3. The van der Waals surface area contributed by atoms with Crippen LogP contribution in [-0.4, -0.2) is 36.3 Å². The standard InChI is InChI=1S/C15H18N2O3S/c1-2-21(20)8-7-17-13-9-11(15(18)19)5-6-12(13)16-14(17)10-3-4-10/h5-6,9-10H,2-4,7-8H2,1H3,(H,18,19). The molecule has 1 aromatic heterocycles. The molecule has 21 heavy (non-hydrogen) atoms. The zero-order valence-corrected chi connectivity index (χ0v) is 12.7. The molecule has 0 amide bonds. The number of nitrogens with zero attached hydrogens (tertiary/aromatic N) is 2. The van der Waals surface area contributed by atoms with Crippen molar-refractivity contribution < 1.29 is 14.1 Å². The first-order valence-electron chi connectivity index (χ1n) is 7.18. The number of imidazole rings is 1. The highest BCUT2D eigenvalue weighted by atomic mass is 32.2. The van der Waals surface area contributed by atoms with Crippen LogP contribution in [0.15, 0.2) is 18.2 Å². The zero-order valence-electron chi connectivity index (χ0n) is 11.9. The summed E-state index contributed by atoms with van der Waals surface area (Å²) in [5.74, 6) is 1.78. The number of hydrogen-bond donors (Lipinski definition) is 1. The van der Waals surface area contributed by atoms with E-state index < -0.39 is 16.8 Å². The zero-order chi connectivity index (χ0) is 15.0. The van der Waals surface area contributed by atoms with E-state index in [-0.39, 0.29) is 5.56 Å². The molecule has 1 aliphatic carbocycles. The van der Waals surface area contributed by atoms with Crippen molar-refractivity contribution in [3.8, 4) is 0 Å². The summed E-state index contributed by atoms with van der Waals surface area (Å²) in [7, 11) is -0.835. The highest BCUT2D eigenvalue weighted by Crippen LogP contribution is 2.40. The van der Waals surface area contributed by atoms with Gasteiger partial charge in [-0.05, 0) is 31.0 Å². The largest absolute Gasteiger partial charge is 0.478 e. The monoisotopic (exact) mass is 306 g/mol. The number of carboxylic acids is 1. The Bertz CT molecular complexity index is 719. The van der Waals surface area contributed by atoms with Crippen molar-refractivity contribution in [2.75, 3.05) is 11.5 Å². The molecule has 1 unspecified atom stereocenters. The third-order valence-corrected chi connectivity index (χ3v) is 5.11. The number of aryl methyl sites for hydroxylation is 1. The summed E-state index contributed by atoms with van der Waals surface area (Å²) in [6.07, 6.45) is 2.26. The van der Waals surface area contributed by atoms with E-state index in [1.54, 1.807) is 18.2 Å². The Labute approximate surface area is 125 Å². The van der Waals surface area contributed by atoms with Crippen molar-refractivity contribution in [1.29, 1.82) is 0 Å². The summed E-state index contributed by atoms with van der Waals surface area (Å²) in [5.41, 5.74) is 1.93. The van der Waals surface area contributed by atoms with Crippen LogP contribution in [0.1, 0.15) is 41.9 Å². The van der Waals surface area contributed by atoms with Crippen molar-refractivity contribution >= 4 is 27.8 Å². The number of fused-ring (bicyclic) bond motifs is 1. The van der Waals surface area contributed by atoms with Gasteiger partial charge < -0.3 is 9.67 Å². The van der Waals surface area contributed by atoms with E-state index >= 15 is 0 Å². The fourth-order valence-electron chi connectivity index (χ4n) is 2.50. The molecule has 112 valence electrons. The van der Waals surface area contributed by atoms with E-state index in [0.717, 1.165) is 29.7 Å². The number of rotatable bonds is 6. The third kappa shape index (κ3) is 2.85. The summed E-state index contributed by atoms with van der Waals surface area (Å²) in [5, 5.41) is 9.14. The number of carboxylic acid groups (broad SMARTS) is 1. The summed E-state index contributed by atoms with van der Waals surface area (Å²) in [6.45, 7) is 2.54. The number of aromatic carboxylic acids is 1. The maximum Gasteiger partial charge on any atom is 0.335 e. The molecule has 2 aromatic rings. The molecule has 1 aromatic carbocycles. The van der Waals surface area contributed by atoms with Gasteiger partial charge in [-0.15, -0.1) is 0 Å². The molecular weight excluding hydrogens is 288 g/mol. The Hall–Kier alpha value is -1.69. The van der Waals surface area contributed by atoms with Crippen molar-refractivity contribution in [3.63, 3.8) is 0 Å². The molecule has 1 saturated carbocycles. The van der Waals surface area contributed by atoms with E-state index in [1.807, 2.05) is 6.92 Å². The first kappa shape index (κ1) is 14.3. The fourth-order valence-corrected chi connectivity index (χ4v) is 3.17. The van der Waals surface area contributed by atoms with Gasteiger partial charge in [0.1, 0.15) is 5.82 Å². The first-order valence-corrected chi connectivity index (χ1v) is 8.67. The quantitative estimate of drug-likeness (QED) is 0.889. The van der Waals surface area contributed by atoms with Gasteiger partial charge >= 0.3 is 5.97 Å². The predicted octanol–water partition coefficient (Wildman–Crippen LogP) is 2.38. The highest BCUT2D eigenvalue weighted by molar-refractivity contribution is 7.84. The molecule has 1 atom stereocenters. The minimum atomic E-state index is -0.935. The van der Waals surface area contributed by atoms with E-state index in [9.17, 15) is 9.00 Å². The maximum atomic E-state index is 11.7. The second-order valence-corrected chi connectivity index (χ2v) is 7.20. The average molecular weight is 306 g/mol. The van der Waals surface area contributed by atoms with Crippen molar-refractivity contribution in [2.45, 2.75) is 32.2 Å². The number of carbonyl (C=O) groups is 1. The predicted molar refractivity (Wildman–Crippen MR) is 82.2 cm³/mol. The Morgan fingerprint density at radius 3 is 2.86 bits per heavy atom. The van der Waals surface area contributed by atoms with E-state index in [4.69, 9.17) is 5.11 Å². The van der Waals surface area contributed by atoms with Crippen LogP contribution < -0.4 is 0 Å². The minimum Gasteiger partial charge on any atom is -0.478 e. The van der Waals surface area contributed by atoms with Crippen LogP contribution in [-0.2, 0) is 17.3 Å². The van der Waals surface area contributed by atoms with Crippen LogP contribution in [0, 0.1) is 0 Å². The van der Waals surface area contributed by atoms with Gasteiger partial charge in [-0.2, -0.15) is 0 Å².